The summed E-state index contributed by atoms with van der Waals surface area (Å²) in [5.74, 6) is 1.39. The van der Waals surface area contributed by atoms with Crippen LogP contribution in [0.2, 0.25) is 0 Å². The molecule has 2 aliphatic rings. The number of guanidine groups is 1. The van der Waals surface area contributed by atoms with Crippen molar-refractivity contribution in [3.8, 4) is 0 Å². The lowest BCUT2D eigenvalue weighted by atomic mass is 10.0. The summed E-state index contributed by atoms with van der Waals surface area (Å²) >= 11 is 0. The summed E-state index contributed by atoms with van der Waals surface area (Å²) in [5, 5.41) is 7.54. The van der Waals surface area contributed by atoms with Gasteiger partial charge >= 0.3 is 0 Å². The zero-order chi connectivity index (χ0) is 19.5. The van der Waals surface area contributed by atoms with E-state index < -0.39 is 0 Å². The minimum absolute atomic E-state index is 0. The standard InChI is InChI=1S/C21H28N6O.HI/c1-3-22-21(23-12-17-9-8-16-6-4-5-7-19(16)17)26-10-11-27(20(28)15-26)18-13-24-25(2)14-18;/h4-7,13-14,17H,3,8-12,15H2,1-2H3,(H,22,23);1H. The number of anilines is 1. The van der Waals surface area contributed by atoms with Gasteiger partial charge in [-0.2, -0.15) is 5.10 Å². The fraction of sp³-hybridized carbons (Fsp3) is 0.476. The Kier molecular flexibility index (Phi) is 7.15. The van der Waals surface area contributed by atoms with Crippen LogP contribution in [-0.4, -0.2) is 59.3 Å². The highest BCUT2D eigenvalue weighted by atomic mass is 127. The lowest BCUT2D eigenvalue weighted by Gasteiger charge is -2.35. The number of halogens is 1. The first-order valence-corrected chi connectivity index (χ1v) is 10.1. The van der Waals surface area contributed by atoms with Crippen LogP contribution in [0.4, 0.5) is 5.69 Å². The second-order valence-corrected chi connectivity index (χ2v) is 7.47. The molecule has 29 heavy (non-hydrogen) atoms. The number of nitrogens with one attached hydrogen (secondary N) is 1. The molecule has 0 spiro atoms. The Morgan fingerprint density at radius 2 is 2.14 bits per heavy atom. The third-order valence-corrected chi connectivity index (χ3v) is 5.58. The molecule has 1 aliphatic heterocycles. The molecule has 1 amide bonds. The van der Waals surface area contributed by atoms with Gasteiger partial charge in [0.1, 0.15) is 6.54 Å². The highest BCUT2D eigenvalue weighted by Crippen LogP contribution is 2.32. The average molecular weight is 508 g/mol. The number of aryl methyl sites for hydroxylation is 2. The maximum absolute atomic E-state index is 12.7. The van der Waals surface area contributed by atoms with Gasteiger partial charge in [-0.25, -0.2) is 0 Å². The molecule has 1 saturated heterocycles. The van der Waals surface area contributed by atoms with Crippen molar-refractivity contribution in [2.45, 2.75) is 25.7 Å². The normalized spacial score (nSPS) is 19.2. The molecule has 2 heterocycles. The fourth-order valence-electron chi connectivity index (χ4n) is 4.13. The van der Waals surface area contributed by atoms with E-state index in [1.54, 1.807) is 15.8 Å². The molecule has 1 N–H and O–H groups in total. The molecule has 156 valence electrons. The van der Waals surface area contributed by atoms with E-state index in [1.165, 1.54) is 11.1 Å². The van der Waals surface area contributed by atoms with Crippen molar-refractivity contribution < 1.29 is 4.79 Å². The smallest absolute Gasteiger partial charge is 0.246 e. The zero-order valence-corrected chi connectivity index (χ0v) is 19.4. The molecular weight excluding hydrogens is 479 g/mol. The third-order valence-electron chi connectivity index (χ3n) is 5.58. The van der Waals surface area contributed by atoms with Gasteiger partial charge in [0.25, 0.3) is 0 Å². The number of carbonyl (C=O) groups is 1. The van der Waals surface area contributed by atoms with Crippen LogP contribution in [0.3, 0.4) is 0 Å². The van der Waals surface area contributed by atoms with Gasteiger partial charge in [0.15, 0.2) is 5.96 Å². The zero-order valence-electron chi connectivity index (χ0n) is 17.0. The predicted molar refractivity (Wildman–Crippen MR) is 126 cm³/mol. The summed E-state index contributed by atoms with van der Waals surface area (Å²) in [7, 11) is 1.86. The molecular formula is C21H29IN6O. The van der Waals surface area contributed by atoms with Gasteiger partial charge < -0.3 is 15.1 Å². The maximum atomic E-state index is 12.7. The van der Waals surface area contributed by atoms with Gasteiger partial charge in [-0.15, -0.1) is 24.0 Å². The first kappa shape index (κ1) is 21.6. The molecule has 7 nitrogen and oxygen atoms in total. The molecule has 1 aromatic heterocycles. The second-order valence-electron chi connectivity index (χ2n) is 7.47. The summed E-state index contributed by atoms with van der Waals surface area (Å²) in [6.45, 7) is 5.35. The number of benzene rings is 1. The molecule has 1 unspecified atom stereocenters. The number of rotatable bonds is 4. The topological polar surface area (TPSA) is 65.8 Å². The molecule has 4 rings (SSSR count). The number of hydrogen-bond acceptors (Lipinski definition) is 3. The Morgan fingerprint density at radius 1 is 1.31 bits per heavy atom. The average Bonchev–Trinajstić information content (AvgIpc) is 3.31. The van der Waals surface area contributed by atoms with Crippen molar-refractivity contribution in [1.82, 2.24) is 20.0 Å². The first-order chi connectivity index (χ1) is 13.7. The van der Waals surface area contributed by atoms with Crippen LogP contribution in [0, 0.1) is 0 Å². The van der Waals surface area contributed by atoms with Crippen LogP contribution in [0.5, 0.6) is 0 Å². The summed E-state index contributed by atoms with van der Waals surface area (Å²) < 4.78 is 1.72. The Labute approximate surface area is 189 Å². The summed E-state index contributed by atoms with van der Waals surface area (Å²) in [6.07, 6.45) is 5.90. The molecule has 8 heteroatoms. The monoisotopic (exact) mass is 508 g/mol. The lowest BCUT2D eigenvalue weighted by molar-refractivity contribution is -0.120. The van der Waals surface area contributed by atoms with E-state index in [-0.39, 0.29) is 29.9 Å². The van der Waals surface area contributed by atoms with Crippen LogP contribution in [0.1, 0.15) is 30.4 Å². The van der Waals surface area contributed by atoms with Gasteiger partial charge in [0, 0.05) is 45.3 Å². The minimum atomic E-state index is 0. The first-order valence-electron chi connectivity index (χ1n) is 10.1. The summed E-state index contributed by atoms with van der Waals surface area (Å²) in [6, 6.07) is 8.68. The van der Waals surface area contributed by atoms with Crippen LogP contribution in [0.15, 0.2) is 41.7 Å². The second kappa shape index (κ2) is 9.60. The number of fused-ring (bicyclic) bond motifs is 1. The fourth-order valence-corrected chi connectivity index (χ4v) is 4.13. The van der Waals surface area contributed by atoms with Crippen LogP contribution in [0.25, 0.3) is 0 Å². The summed E-state index contributed by atoms with van der Waals surface area (Å²) in [5.41, 5.74) is 3.74. The molecule has 1 atom stereocenters. The van der Waals surface area contributed by atoms with Gasteiger partial charge in [-0.3, -0.25) is 14.5 Å². The SMILES string of the molecule is CCNC(=NCC1CCc2ccccc21)N1CCN(c2cnn(C)c2)C(=O)C1.I. The largest absolute Gasteiger partial charge is 0.357 e. The van der Waals surface area contributed by atoms with Gasteiger partial charge in [0.05, 0.1) is 11.9 Å². The van der Waals surface area contributed by atoms with E-state index in [0.29, 0.717) is 19.0 Å². The highest BCUT2D eigenvalue weighted by Gasteiger charge is 2.28. The Morgan fingerprint density at radius 3 is 2.86 bits per heavy atom. The van der Waals surface area contributed by atoms with Crippen molar-refractivity contribution in [3.05, 3.63) is 47.8 Å². The van der Waals surface area contributed by atoms with Crippen LogP contribution >= 0.6 is 24.0 Å². The van der Waals surface area contributed by atoms with E-state index in [4.69, 9.17) is 4.99 Å². The lowest BCUT2D eigenvalue weighted by Crippen LogP contribution is -2.55. The van der Waals surface area contributed by atoms with Crippen LogP contribution in [-0.2, 0) is 18.3 Å². The number of nitrogens with zero attached hydrogens (tertiary/aromatic N) is 5. The third kappa shape index (κ3) is 4.73. The minimum Gasteiger partial charge on any atom is -0.357 e. The molecule has 0 radical (unpaired) electrons. The van der Waals surface area contributed by atoms with Crippen molar-refractivity contribution in [1.29, 1.82) is 0 Å². The Bertz CT molecular complexity index is 880. The number of amides is 1. The van der Waals surface area contributed by atoms with E-state index >= 15 is 0 Å². The Hall–Kier alpha value is -2.10. The Balaban J connectivity index is 0.00000240. The van der Waals surface area contributed by atoms with E-state index in [2.05, 4.69) is 46.5 Å². The van der Waals surface area contributed by atoms with Gasteiger partial charge in [-0.05, 0) is 30.9 Å². The van der Waals surface area contributed by atoms with E-state index in [9.17, 15) is 4.79 Å². The predicted octanol–water partition coefficient (Wildman–Crippen LogP) is 2.38. The van der Waals surface area contributed by atoms with E-state index in [0.717, 1.165) is 44.1 Å². The quantitative estimate of drug-likeness (QED) is 0.392. The number of piperazine rings is 1. The molecule has 0 saturated carbocycles. The van der Waals surface area contributed by atoms with Crippen LogP contribution < -0.4 is 10.2 Å². The number of aliphatic imine (C=N–C) groups is 1. The number of carbonyl (C=O) groups excluding carboxylic acids is 1. The molecule has 1 aliphatic carbocycles. The van der Waals surface area contributed by atoms with Crippen molar-refractivity contribution in [2.24, 2.45) is 12.0 Å². The van der Waals surface area contributed by atoms with Gasteiger partial charge in [-0.1, -0.05) is 24.3 Å². The van der Waals surface area contributed by atoms with Crippen molar-refractivity contribution >= 4 is 41.5 Å². The van der Waals surface area contributed by atoms with Crippen molar-refractivity contribution in [2.75, 3.05) is 37.6 Å². The number of hydrogen-bond donors (Lipinski definition) is 1. The molecule has 0 bridgehead atoms. The van der Waals surface area contributed by atoms with Crippen molar-refractivity contribution in [3.63, 3.8) is 0 Å². The van der Waals surface area contributed by atoms with E-state index in [1.807, 2.05) is 13.2 Å². The number of aromatic nitrogens is 2. The highest BCUT2D eigenvalue weighted by molar-refractivity contribution is 14.0. The summed E-state index contributed by atoms with van der Waals surface area (Å²) in [4.78, 5) is 21.5. The molecule has 1 fully saturated rings. The van der Waals surface area contributed by atoms with Gasteiger partial charge in [0.2, 0.25) is 5.91 Å². The maximum Gasteiger partial charge on any atom is 0.246 e. The molecule has 2 aromatic rings. The molecule has 1 aromatic carbocycles.